The summed E-state index contributed by atoms with van der Waals surface area (Å²) >= 11 is 1.26. The van der Waals surface area contributed by atoms with Crippen LogP contribution in [-0.2, 0) is 11.3 Å². The Morgan fingerprint density at radius 3 is 2.71 bits per heavy atom. The summed E-state index contributed by atoms with van der Waals surface area (Å²) in [5.74, 6) is -0.271. The van der Waals surface area contributed by atoms with Gasteiger partial charge in [-0.3, -0.25) is 19.5 Å². The maximum absolute atomic E-state index is 12.5. The van der Waals surface area contributed by atoms with Crippen LogP contribution >= 0.6 is 11.3 Å². The highest BCUT2D eigenvalue weighted by Gasteiger charge is 2.24. The minimum absolute atomic E-state index is 0.0830. The summed E-state index contributed by atoms with van der Waals surface area (Å²) in [4.78, 5) is 36.1. The number of hydrogen-bond donors (Lipinski definition) is 1. The van der Waals surface area contributed by atoms with E-state index in [1.54, 1.807) is 11.6 Å². The Morgan fingerprint density at radius 1 is 1.25 bits per heavy atom. The molecule has 1 aliphatic rings. The molecule has 0 bridgehead atoms. The number of amides is 2. The summed E-state index contributed by atoms with van der Waals surface area (Å²) in [5.41, 5.74) is 1.43. The van der Waals surface area contributed by atoms with Gasteiger partial charge >= 0.3 is 0 Å². The van der Waals surface area contributed by atoms with Gasteiger partial charge in [0, 0.05) is 51.2 Å². The molecule has 1 aliphatic heterocycles. The van der Waals surface area contributed by atoms with E-state index in [0.717, 1.165) is 25.3 Å². The van der Waals surface area contributed by atoms with Gasteiger partial charge in [0.2, 0.25) is 5.91 Å². The van der Waals surface area contributed by atoms with Crippen LogP contribution in [0.5, 0.6) is 0 Å². The van der Waals surface area contributed by atoms with E-state index in [4.69, 9.17) is 0 Å². The Balaban J connectivity index is 1.53. The predicted molar refractivity (Wildman–Crippen MR) is 91.8 cm³/mol. The summed E-state index contributed by atoms with van der Waals surface area (Å²) in [5, 5.41) is 4.75. The quantitative estimate of drug-likeness (QED) is 0.907. The second-order valence-electron chi connectivity index (χ2n) is 5.61. The third-order valence-electron chi connectivity index (χ3n) is 3.78. The van der Waals surface area contributed by atoms with Crippen molar-refractivity contribution in [1.82, 2.24) is 19.8 Å². The molecule has 1 N–H and O–H groups in total. The third kappa shape index (κ3) is 4.15. The van der Waals surface area contributed by atoms with Crippen LogP contribution < -0.4 is 5.32 Å². The molecule has 1 fully saturated rings. The SMILES string of the molecule is CC(=O)Nc1nc(C(=O)N2CCN(Cc3ccccn3)CC2)cs1. The molecule has 24 heavy (non-hydrogen) atoms. The Bertz CT molecular complexity index is 710. The third-order valence-corrected chi connectivity index (χ3v) is 4.54. The average Bonchev–Trinajstić information content (AvgIpc) is 3.03. The number of thiazole rings is 1. The molecule has 8 heteroatoms. The van der Waals surface area contributed by atoms with E-state index < -0.39 is 0 Å². The van der Waals surface area contributed by atoms with Gasteiger partial charge in [0.15, 0.2) is 5.13 Å². The number of piperazine rings is 1. The Labute approximate surface area is 144 Å². The Kier molecular flexibility index (Phi) is 5.17. The molecule has 1 saturated heterocycles. The topological polar surface area (TPSA) is 78.4 Å². The Morgan fingerprint density at radius 2 is 2.04 bits per heavy atom. The predicted octanol–water partition coefficient (Wildman–Crippen LogP) is 1.45. The molecule has 0 aromatic carbocycles. The van der Waals surface area contributed by atoms with E-state index in [9.17, 15) is 9.59 Å². The standard InChI is InChI=1S/C16H19N5O2S/c1-12(22)18-16-19-14(11-24-16)15(23)21-8-6-20(7-9-21)10-13-4-2-3-5-17-13/h2-5,11H,6-10H2,1H3,(H,18,19,22). The van der Waals surface area contributed by atoms with Gasteiger partial charge < -0.3 is 10.2 Å². The van der Waals surface area contributed by atoms with Crippen LogP contribution in [0.15, 0.2) is 29.8 Å². The first-order chi connectivity index (χ1) is 11.6. The average molecular weight is 345 g/mol. The number of pyridine rings is 1. The Hall–Kier alpha value is -2.32. The molecule has 0 saturated carbocycles. The van der Waals surface area contributed by atoms with Gasteiger partial charge in [-0.05, 0) is 12.1 Å². The monoisotopic (exact) mass is 345 g/mol. The number of anilines is 1. The lowest BCUT2D eigenvalue weighted by molar-refractivity contribution is -0.114. The van der Waals surface area contributed by atoms with E-state index in [1.807, 2.05) is 23.1 Å². The summed E-state index contributed by atoms with van der Waals surface area (Å²) in [6, 6.07) is 5.90. The summed E-state index contributed by atoms with van der Waals surface area (Å²) in [7, 11) is 0. The van der Waals surface area contributed by atoms with Crippen molar-refractivity contribution in [3.8, 4) is 0 Å². The lowest BCUT2D eigenvalue weighted by Gasteiger charge is -2.34. The van der Waals surface area contributed by atoms with Crippen LogP contribution in [0.2, 0.25) is 0 Å². The molecule has 0 spiro atoms. The lowest BCUT2D eigenvalue weighted by Crippen LogP contribution is -2.48. The highest BCUT2D eigenvalue weighted by Crippen LogP contribution is 2.17. The van der Waals surface area contributed by atoms with Crippen molar-refractivity contribution in [3.05, 3.63) is 41.2 Å². The van der Waals surface area contributed by atoms with Crippen molar-refractivity contribution < 1.29 is 9.59 Å². The summed E-state index contributed by atoms with van der Waals surface area (Å²) in [6.45, 7) is 5.17. The molecule has 2 amide bonds. The first-order valence-corrected chi connectivity index (χ1v) is 8.64. The molecule has 2 aromatic rings. The molecular weight excluding hydrogens is 326 g/mol. The van der Waals surface area contributed by atoms with Gasteiger partial charge in [0.05, 0.1) is 5.69 Å². The number of hydrogen-bond acceptors (Lipinski definition) is 6. The van der Waals surface area contributed by atoms with Crippen molar-refractivity contribution in [2.75, 3.05) is 31.5 Å². The maximum atomic E-state index is 12.5. The molecule has 0 atom stereocenters. The molecule has 0 unspecified atom stereocenters. The van der Waals surface area contributed by atoms with Crippen LogP contribution in [0, 0.1) is 0 Å². The van der Waals surface area contributed by atoms with Crippen LogP contribution in [0.25, 0.3) is 0 Å². The number of aromatic nitrogens is 2. The summed E-state index contributed by atoms with van der Waals surface area (Å²) < 4.78 is 0. The number of carbonyl (C=O) groups excluding carboxylic acids is 2. The van der Waals surface area contributed by atoms with Crippen LogP contribution in [0.1, 0.15) is 23.1 Å². The van der Waals surface area contributed by atoms with E-state index in [1.165, 1.54) is 18.3 Å². The summed E-state index contributed by atoms with van der Waals surface area (Å²) in [6.07, 6.45) is 1.80. The van der Waals surface area contributed by atoms with Crippen molar-refractivity contribution in [3.63, 3.8) is 0 Å². The molecule has 126 valence electrons. The smallest absolute Gasteiger partial charge is 0.273 e. The van der Waals surface area contributed by atoms with Crippen LogP contribution in [-0.4, -0.2) is 57.8 Å². The normalized spacial score (nSPS) is 15.3. The van der Waals surface area contributed by atoms with Crippen molar-refractivity contribution in [1.29, 1.82) is 0 Å². The first kappa shape index (κ1) is 16.5. The molecule has 7 nitrogen and oxygen atoms in total. The fourth-order valence-electron chi connectivity index (χ4n) is 2.57. The lowest BCUT2D eigenvalue weighted by atomic mass is 10.2. The van der Waals surface area contributed by atoms with Gasteiger partial charge in [-0.15, -0.1) is 11.3 Å². The number of nitrogens with zero attached hydrogens (tertiary/aromatic N) is 4. The highest BCUT2D eigenvalue weighted by atomic mass is 32.1. The molecule has 3 rings (SSSR count). The minimum Gasteiger partial charge on any atom is -0.335 e. The second kappa shape index (κ2) is 7.50. The zero-order chi connectivity index (χ0) is 16.9. The maximum Gasteiger partial charge on any atom is 0.273 e. The highest BCUT2D eigenvalue weighted by molar-refractivity contribution is 7.14. The molecular formula is C16H19N5O2S. The van der Waals surface area contributed by atoms with Crippen LogP contribution in [0.3, 0.4) is 0 Å². The fourth-order valence-corrected chi connectivity index (χ4v) is 3.30. The van der Waals surface area contributed by atoms with Gasteiger partial charge in [-0.25, -0.2) is 4.98 Å². The van der Waals surface area contributed by atoms with E-state index in [-0.39, 0.29) is 11.8 Å². The van der Waals surface area contributed by atoms with Gasteiger partial charge in [-0.1, -0.05) is 6.07 Å². The fraction of sp³-hybridized carbons (Fsp3) is 0.375. The number of nitrogens with one attached hydrogen (secondary N) is 1. The molecule has 0 aliphatic carbocycles. The van der Waals surface area contributed by atoms with E-state index in [2.05, 4.69) is 20.2 Å². The van der Waals surface area contributed by atoms with Gasteiger partial charge in [0.25, 0.3) is 5.91 Å². The second-order valence-corrected chi connectivity index (χ2v) is 6.47. The minimum atomic E-state index is -0.188. The molecule has 3 heterocycles. The van der Waals surface area contributed by atoms with E-state index in [0.29, 0.717) is 23.9 Å². The van der Waals surface area contributed by atoms with E-state index >= 15 is 0 Å². The van der Waals surface area contributed by atoms with Crippen molar-refractivity contribution in [2.24, 2.45) is 0 Å². The van der Waals surface area contributed by atoms with Gasteiger partial charge in [-0.2, -0.15) is 0 Å². The van der Waals surface area contributed by atoms with Crippen molar-refractivity contribution >= 4 is 28.3 Å². The number of carbonyl (C=O) groups is 2. The zero-order valence-corrected chi connectivity index (χ0v) is 14.3. The number of rotatable bonds is 4. The molecule has 0 radical (unpaired) electrons. The van der Waals surface area contributed by atoms with Gasteiger partial charge in [0.1, 0.15) is 5.69 Å². The zero-order valence-electron chi connectivity index (χ0n) is 13.4. The van der Waals surface area contributed by atoms with Crippen molar-refractivity contribution in [2.45, 2.75) is 13.5 Å². The largest absolute Gasteiger partial charge is 0.335 e. The first-order valence-electron chi connectivity index (χ1n) is 7.76. The molecule has 2 aromatic heterocycles. The van der Waals surface area contributed by atoms with Crippen LogP contribution in [0.4, 0.5) is 5.13 Å².